The Labute approximate surface area is 132 Å². The molecule has 120 valence electrons. The fourth-order valence-electron chi connectivity index (χ4n) is 2.49. The van der Waals surface area contributed by atoms with Crippen LogP contribution in [0.5, 0.6) is 0 Å². The normalized spacial score (nSPS) is 25.1. The SMILES string of the molecule is C=C1C(=O)C(O)CC=C1C(=O)CC(=O)C1=CCC(O)C(=O)C1=C. The summed E-state index contributed by atoms with van der Waals surface area (Å²) in [5, 5.41) is 18.8. The lowest BCUT2D eigenvalue weighted by Crippen LogP contribution is -2.30. The molecule has 0 aliphatic heterocycles. The Morgan fingerprint density at radius 2 is 1.26 bits per heavy atom. The minimum atomic E-state index is -1.21. The molecule has 6 heteroatoms. The molecule has 0 aromatic rings. The first-order valence-corrected chi connectivity index (χ1v) is 7.03. The van der Waals surface area contributed by atoms with Crippen LogP contribution in [-0.4, -0.2) is 45.6 Å². The second-order valence-corrected chi connectivity index (χ2v) is 5.45. The largest absolute Gasteiger partial charge is 0.385 e. The molecule has 0 bridgehead atoms. The van der Waals surface area contributed by atoms with Gasteiger partial charge in [-0.3, -0.25) is 19.2 Å². The van der Waals surface area contributed by atoms with Crippen molar-refractivity contribution in [1.29, 1.82) is 0 Å². The molecule has 0 aromatic carbocycles. The summed E-state index contributed by atoms with van der Waals surface area (Å²) >= 11 is 0. The lowest BCUT2D eigenvalue weighted by Gasteiger charge is -2.20. The molecule has 23 heavy (non-hydrogen) atoms. The van der Waals surface area contributed by atoms with Crippen LogP contribution in [0.3, 0.4) is 0 Å². The van der Waals surface area contributed by atoms with Crippen LogP contribution in [0.4, 0.5) is 0 Å². The third-order valence-corrected chi connectivity index (χ3v) is 3.86. The van der Waals surface area contributed by atoms with Crippen molar-refractivity contribution in [2.75, 3.05) is 0 Å². The van der Waals surface area contributed by atoms with E-state index >= 15 is 0 Å². The van der Waals surface area contributed by atoms with Crippen molar-refractivity contribution in [3.63, 3.8) is 0 Å². The van der Waals surface area contributed by atoms with E-state index in [-0.39, 0.29) is 35.1 Å². The van der Waals surface area contributed by atoms with E-state index < -0.39 is 41.8 Å². The van der Waals surface area contributed by atoms with Crippen LogP contribution < -0.4 is 0 Å². The number of aliphatic hydroxyl groups excluding tert-OH is 2. The minimum absolute atomic E-state index is 0.00675. The van der Waals surface area contributed by atoms with Crippen molar-refractivity contribution in [3.8, 4) is 0 Å². The number of carbonyl (C=O) groups excluding carboxylic acids is 4. The predicted molar refractivity (Wildman–Crippen MR) is 80.3 cm³/mol. The molecule has 0 amide bonds. The first-order valence-electron chi connectivity index (χ1n) is 7.03. The number of carbonyl (C=O) groups is 4. The van der Waals surface area contributed by atoms with Gasteiger partial charge in [0.05, 0.1) is 6.42 Å². The molecule has 2 aliphatic rings. The number of hydrogen-bond donors (Lipinski definition) is 2. The summed E-state index contributed by atoms with van der Waals surface area (Å²) in [6.07, 6.45) is -0.223. The summed E-state index contributed by atoms with van der Waals surface area (Å²) in [6.45, 7) is 6.95. The summed E-state index contributed by atoms with van der Waals surface area (Å²) in [6, 6.07) is 0. The number of aliphatic hydroxyl groups is 2. The molecule has 2 N–H and O–H groups in total. The second-order valence-electron chi connectivity index (χ2n) is 5.45. The fourth-order valence-corrected chi connectivity index (χ4v) is 2.49. The Kier molecular flexibility index (Phi) is 4.68. The van der Waals surface area contributed by atoms with Crippen molar-refractivity contribution in [1.82, 2.24) is 0 Å². The van der Waals surface area contributed by atoms with Gasteiger partial charge < -0.3 is 10.2 Å². The van der Waals surface area contributed by atoms with Gasteiger partial charge >= 0.3 is 0 Å². The third-order valence-electron chi connectivity index (χ3n) is 3.86. The fraction of sp³-hybridized carbons (Fsp3) is 0.294. The molecule has 0 aromatic heterocycles. The van der Waals surface area contributed by atoms with Gasteiger partial charge in [-0.25, -0.2) is 0 Å². The molecule has 2 rings (SSSR count). The van der Waals surface area contributed by atoms with E-state index in [1.165, 1.54) is 12.2 Å². The van der Waals surface area contributed by atoms with E-state index in [1.807, 2.05) is 0 Å². The zero-order valence-electron chi connectivity index (χ0n) is 12.4. The highest BCUT2D eigenvalue weighted by atomic mass is 16.3. The molecule has 2 unspecified atom stereocenters. The lowest BCUT2D eigenvalue weighted by atomic mass is 9.84. The van der Waals surface area contributed by atoms with Crippen LogP contribution in [0.25, 0.3) is 0 Å². The van der Waals surface area contributed by atoms with E-state index in [4.69, 9.17) is 0 Å². The Balaban J connectivity index is 2.14. The van der Waals surface area contributed by atoms with E-state index in [9.17, 15) is 29.4 Å². The van der Waals surface area contributed by atoms with Crippen LogP contribution in [0.2, 0.25) is 0 Å². The smallest absolute Gasteiger partial charge is 0.191 e. The van der Waals surface area contributed by atoms with E-state index in [1.54, 1.807) is 0 Å². The molecule has 0 heterocycles. The van der Waals surface area contributed by atoms with Gasteiger partial charge in [-0.15, -0.1) is 0 Å². The first-order chi connectivity index (χ1) is 10.7. The Morgan fingerprint density at radius 3 is 1.61 bits per heavy atom. The maximum atomic E-state index is 12.2. The Bertz CT molecular complexity index is 647. The molecule has 6 nitrogen and oxygen atoms in total. The van der Waals surface area contributed by atoms with Gasteiger partial charge in [-0.2, -0.15) is 0 Å². The average Bonchev–Trinajstić information content (AvgIpc) is 2.50. The van der Waals surface area contributed by atoms with Gasteiger partial charge in [0.15, 0.2) is 23.1 Å². The molecular formula is C17H16O6. The van der Waals surface area contributed by atoms with Gasteiger partial charge in [-0.05, 0) is 12.8 Å². The number of allylic oxidation sites excluding steroid dienone is 2. The molecule has 2 aliphatic carbocycles. The summed E-state index contributed by atoms with van der Waals surface area (Å²) < 4.78 is 0. The molecule has 0 saturated carbocycles. The topological polar surface area (TPSA) is 109 Å². The summed E-state index contributed by atoms with van der Waals surface area (Å²) in [5.41, 5.74) is -0.210. The maximum absolute atomic E-state index is 12.2. The van der Waals surface area contributed by atoms with Crippen molar-refractivity contribution in [2.45, 2.75) is 31.5 Å². The summed E-state index contributed by atoms with van der Waals surface area (Å²) in [5.74, 6) is -2.48. The van der Waals surface area contributed by atoms with Crippen LogP contribution in [0.15, 0.2) is 47.6 Å². The number of Topliss-reactive ketones (excluding diaryl/α,β-unsaturated/α-hetero) is 4. The zero-order valence-corrected chi connectivity index (χ0v) is 12.4. The minimum Gasteiger partial charge on any atom is -0.385 e. The quantitative estimate of drug-likeness (QED) is 0.564. The molecular weight excluding hydrogens is 300 g/mol. The number of hydrogen-bond acceptors (Lipinski definition) is 6. The van der Waals surface area contributed by atoms with Gasteiger partial charge in [-0.1, -0.05) is 25.3 Å². The van der Waals surface area contributed by atoms with E-state index in [0.717, 1.165) is 0 Å². The van der Waals surface area contributed by atoms with Gasteiger partial charge in [0, 0.05) is 22.3 Å². The molecule has 0 spiro atoms. The van der Waals surface area contributed by atoms with E-state index in [2.05, 4.69) is 13.2 Å². The third kappa shape index (κ3) is 3.18. The van der Waals surface area contributed by atoms with Gasteiger partial charge in [0.2, 0.25) is 0 Å². The van der Waals surface area contributed by atoms with Crippen molar-refractivity contribution >= 4 is 23.1 Å². The summed E-state index contributed by atoms with van der Waals surface area (Å²) in [7, 11) is 0. The second kappa shape index (κ2) is 6.36. The van der Waals surface area contributed by atoms with Crippen LogP contribution in [-0.2, 0) is 19.2 Å². The number of rotatable bonds is 4. The Morgan fingerprint density at radius 1 is 0.913 bits per heavy atom. The highest BCUT2D eigenvalue weighted by Crippen LogP contribution is 2.25. The molecule has 0 fully saturated rings. The first kappa shape index (κ1) is 16.9. The monoisotopic (exact) mass is 316 g/mol. The van der Waals surface area contributed by atoms with Gasteiger partial charge in [0.1, 0.15) is 12.2 Å². The zero-order chi connectivity index (χ0) is 17.3. The standard InChI is InChI=1S/C17H16O6/c1-8-10(3-5-12(18)16(8)22)14(20)7-15(21)11-4-6-13(19)17(23)9(11)2/h3-4,12-13,18-19H,1-2,5-7H2. The van der Waals surface area contributed by atoms with Crippen LogP contribution in [0, 0.1) is 0 Å². The molecule has 0 saturated heterocycles. The average molecular weight is 316 g/mol. The highest BCUT2D eigenvalue weighted by molar-refractivity contribution is 6.23. The van der Waals surface area contributed by atoms with Crippen molar-refractivity contribution < 1.29 is 29.4 Å². The van der Waals surface area contributed by atoms with Gasteiger partial charge in [0.25, 0.3) is 0 Å². The lowest BCUT2D eigenvalue weighted by molar-refractivity contribution is -0.127. The summed E-state index contributed by atoms with van der Waals surface area (Å²) in [4.78, 5) is 47.6. The van der Waals surface area contributed by atoms with Crippen molar-refractivity contribution in [3.05, 3.63) is 47.6 Å². The van der Waals surface area contributed by atoms with Crippen LogP contribution in [0.1, 0.15) is 19.3 Å². The Hall–Kier alpha value is -2.44. The number of ketones is 4. The molecule has 2 atom stereocenters. The predicted octanol–water partition coefficient (Wildman–Crippen LogP) is 0.147. The van der Waals surface area contributed by atoms with E-state index in [0.29, 0.717) is 0 Å². The molecule has 0 radical (unpaired) electrons. The van der Waals surface area contributed by atoms with Crippen LogP contribution >= 0.6 is 0 Å². The maximum Gasteiger partial charge on any atom is 0.191 e. The highest BCUT2D eigenvalue weighted by Gasteiger charge is 2.32. The van der Waals surface area contributed by atoms with Crippen molar-refractivity contribution in [2.24, 2.45) is 0 Å².